The maximum atomic E-state index is 10.8. The van der Waals surface area contributed by atoms with E-state index in [0.29, 0.717) is 39.5 Å². The zero-order valence-electron chi connectivity index (χ0n) is 21.0. The third-order valence-electron chi connectivity index (χ3n) is 6.73. The molecule has 2 heterocycles. The average molecular weight is 499 g/mol. The van der Waals surface area contributed by atoms with Crippen molar-refractivity contribution < 1.29 is 19.3 Å². The molecule has 3 aromatic carbocycles. The third-order valence-corrected chi connectivity index (χ3v) is 6.73. The van der Waals surface area contributed by atoms with Crippen LogP contribution in [0.3, 0.4) is 0 Å². The Bertz CT molecular complexity index is 1250. The molecule has 2 N–H and O–H groups in total. The number of ether oxygens (including phenoxy) is 3. The minimum Gasteiger partial charge on any atom is -0.494 e. The molecule has 0 spiro atoms. The van der Waals surface area contributed by atoms with Crippen molar-refractivity contribution in [2.45, 2.75) is 37.8 Å². The van der Waals surface area contributed by atoms with Gasteiger partial charge in [0.05, 0.1) is 44.2 Å². The lowest BCUT2D eigenvalue weighted by molar-refractivity contribution is -0.0328. The summed E-state index contributed by atoms with van der Waals surface area (Å²) < 4.78 is 18.0. The fraction of sp³-hybridized carbons (Fsp3) is 0.323. The first-order valence-corrected chi connectivity index (χ1v) is 12.9. The maximum absolute atomic E-state index is 10.8. The summed E-state index contributed by atoms with van der Waals surface area (Å²) >= 11 is 0. The topological polar surface area (TPSA) is 72.8 Å². The van der Waals surface area contributed by atoms with Crippen LogP contribution in [0.4, 0.5) is 0 Å². The Kier molecular flexibility index (Phi) is 8.77. The Labute approximate surface area is 218 Å². The van der Waals surface area contributed by atoms with Crippen molar-refractivity contribution in [3.8, 4) is 5.75 Å². The number of benzene rings is 3. The van der Waals surface area contributed by atoms with Crippen molar-refractivity contribution in [2.75, 3.05) is 26.3 Å². The SMILES string of the molecule is OC1CNCC(OCc2ccc3cccnc3c2)C1c1ccc(OCCCOCc2ccccc2)cc1. The molecule has 4 aromatic rings. The highest BCUT2D eigenvalue weighted by Crippen LogP contribution is 2.30. The van der Waals surface area contributed by atoms with Gasteiger partial charge in [-0.1, -0.05) is 60.7 Å². The molecule has 0 bridgehead atoms. The van der Waals surface area contributed by atoms with Gasteiger partial charge in [-0.2, -0.15) is 0 Å². The quantitative estimate of drug-likeness (QED) is 0.288. The molecule has 1 aromatic heterocycles. The van der Waals surface area contributed by atoms with Gasteiger partial charge in [0.25, 0.3) is 0 Å². The number of aliphatic hydroxyl groups is 1. The normalized spacial score (nSPS) is 19.6. The highest BCUT2D eigenvalue weighted by atomic mass is 16.5. The Morgan fingerprint density at radius 1 is 0.838 bits per heavy atom. The predicted molar refractivity (Wildman–Crippen MR) is 145 cm³/mol. The van der Waals surface area contributed by atoms with Gasteiger partial charge >= 0.3 is 0 Å². The molecule has 3 atom stereocenters. The second-order valence-corrected chi connectivity index (χ2v) is 9.44. The second-order valence-electron chi connectivity index (χ2n) is 9.44. The van der Waals surface area contributed by atoms with E-state index in [4.69, 9.17) is 14.2 Å². The molecule has 6 heteroatoms. The number of aliphatic hydroxyl groups excluding tert-OH is 1. The van der Waals surface area contributed by atoms with E-state index < -0.39 is 6.10 Å². The van der Waals surface area contributed by atoms with Crippen LogP contribution in [0.15, 0.2) is 91.1 Å². The van der Waals surface area contributed by atoms with E-state index in [9.17, 15) is 5.11 Å². The molecule has 37 heavy (non-hydrogen) atoms. The molecule has 0 saturated carbocycles. The minimum absolute atomic E-state index is 0.111. The van der Waals surface area contributed by atoms with E-state index in [2.05, 4.69) is 46.7 Å². The van der Waals surface area contributed by atoms with Gasteiger partial charge in [-0.25, -0.2) is 0 Å². The zero-order chi connectivity index (χ0) is 25.3. The van der Waals surface area contributed by atoms with Crippen LogP contribution in [-0.2, 0) is 22.7 Å². The Balaban J connectivity index is 1.12. The van der Waals surface area contributed by atoms with Crippen molar-refractivity contribution in [2.24, 2.45) is 0 Å². The van der Waals surface area contributed by atoms with E-state index >= 15 is 0 Å². The van der Waals surface area contributed by atoms with E-state index in [-0.39, 0.29) is 12.0 Å². The molecule has 1 fully saturated rings. The Morgan fingerprint density at radius 3 is 2.57 bits per heavy atom. The van der Waals surface area contributed by atoms with Crippen molar-refractivity contribution in [1.82, 2.24) is 10.3 Å². The molecule has 0 aliphatic carbocycles. The second kappa shape index (κ2) is 12.8. The molecule has 1 saturated heterocycles. The summed E-state index contributed by atoms with van der Waals surface area (Å²) in [4.78, 5) is 4.44. The molecule has 192 valence electrons. The number of β-amino-alcohol motifs (C(OH)–C–C–N with tert-alkyl or cyclic N) is 1. The van der Waals surface area contributed by atoms with Crippen LogP contribution in [0, 0.1) is 0 Å². The van der Waals surface area contributed by atoms with Gasteiger partial charge in [0.1, 0.15) is 5.75 Å². The zero-order valence-corrected chi connectivity index (χ0v) is 21.0. The number of pyridine rings is 1. The van der Waals surface area contributed by atoms with E-state index in [0.717, 1.165) is 34.2 Å². The molecular formula is C31H34N2O4. The van der Waals surface area contributed by atoms with Crippen LogP contribution in [0.2, 0.25) is 0 Å². The van der Waals surface area contributed by atoms with Crippen molar-refractivity contribution in [3.05, 3.63) is 108 Å². The molecule has 6 nitrogen and oxygen atoms in total. The number of fused-ring (bicyclic) bond motifs is 1. The Morgan fingerprint density at radius 2 is 1.70 bits per heavy atom. The smallest absolute Gasteiger partial charge is 0.119 e. The van der Waals surface area contributed by atoms with Crippen molar-refractivity contribution in [1.29, 1.82) is 0 Å². The van der Waals surface area contributed by atoms with Gasteiger partial charge in [-0.15, -0.1) is 0 Å². The summed E-state index contributed by atoms with van der Waals surface area (Å²) in [6.07, 6.45) is 1.96. The summed E-state index contributed by atoms with van der Waals surface area (Å²) in [6.45, 7) is 3.57. The number of aromatic nitrogens is 1. The van der Waals surface area contributed by atoms with Gasteiger partial charge in [0.2, 0.25) is 0 Å². The van der Waals surface area contributed by atoms with Crippen LogP contribution in [0.1, 0.15) is 29.0 Å². The first kappa shape index (κ1) is 25.4. The lowest BCUT2D eigenvalue weighted by atomic mass is 9.85. The monoisotopic (exact) mass is 498 g/mol. The number of piperidine rings is 1. The van der Waals surface area contributed by atoms with E-state index in [1.165, 1.54) is 5.56 Å². The summed E-state index contributed by atoms with van der Waals surface area (Å²) in [5.41, 5.74) is 4.26. The highest BCUT2D eigenvalue weighted by molar-refractivity contribution is 5.78. The molecule has 5 rings (SSSR count). The van der Waals surface area contributed by atoms with Gasteiger partial charge in [0, 0.05) is 37.0 Å². The maximum Gasteiger partial charge on any atom is 0.119 e. The number of rotatable bonds is 11. The molecule has 0 radical (unpaired) electrons. The first-order chi connectivity index (χ1) is 18.3. The first-order valence-electron chi connectivity index (χ1n) is 12.9. The van der Waals surface area contributed by atoms with Crippen LogP contribution in [0.5, 0.6) is 5.75 Å². The number of nitrogens with one attached hydrogen (secondary N) is 1. The number of hydrogen-bond acceptors (Lipinski definition) is 6. The summed E-state index contributed by atoms with van der Waals surface area (Å²) in [5.74, 6) is 0.705. The fourth-order valence-corrected chi connectivity index (χ4v) is 4.78. The third kappa shape index (κ3) is 6.93. The standard InChI is InChI=1S/C31H34N2O4/c34-29-19-32-20-30(37-22-24-9-10-25-8-4-15-33-28(25)18-24)31(29)26-11-13-27(14-12-26)36-17-5-16-35-21-23-6-2-1-3-7-23/h1-4,6-15,18,29-32,34H,5,16-17,19-22H2. The largest absolute Gasteiger partial charge is 0.494 e. The van der Waals surface area contributed by atoms with Crippen LogP contribution >= 0.6 is 0 Å². The number of nitrogens with zero attached hydrogens (tertiary/aromatic N) is 1. The van der Waals surface area contributed by atoms with Crippen LogP contribution < -0.4 is 10.1 Å². The van der Waals surface area contributed by atoms with Gasteiger partial charge in [0.15, 0.2) is 0 Å². The predicted octanol–water partition coefficient (Wildman–Crippen LogP) is 4.85. The molecule has 1 aliphatic rings. The van der Waals surface area contributed by atoms with Crippen LogP contribution in [-0.4, -0.2) is 48.6 Å². The van der Waals surface area contributed by atoms with E-state index in [1.807, 2.05) is 48.5 Å². The van der Waals surface area contributed by atoms with Gasteiger partial charge in [-0.05, 0) is 41.0 Å². The van der Waals surface area contributed by atoms with Gasteiger partial charge < -0.3 is 24.6 Å². The van der Waals surface area contributed by atoms with Gasteiger partial charge in [-0.3, -0.25) is 4.98 Å². The van der Waals surface area contributed by atoms with Crippen molar-refractivity contribution in [3.63, 3.8) is 0 Å². The highest BCUT2D eigenvalue weighted by Gasteiger charge is 2.34. The molecule has 0 amide bonds. The fourth-order valence-electron chi connectivity index (χ4n) is 4.78. The average Bonchev–Trinajstić information content (AvgIpc) is 2.95. The summed E-state index contributed by atoms with van der Waals surface area (Å²) in [5, 5.41) is 15.2. The van der Waals surface area contributed by atoms with Crippen molar-refractivity contribution >= 4 is 10.9 Å². The van der Waals surface area contributed by atoms with Crippen LogP contribution in [0.25, 0.3) is 10.9 Å². The lowest BCUT2D eigenvalue weighted by Gasteiger charge is -2.36. The van der Waals surface area contributed by atoms with E-state index in [1.54, 1.807) is 6.20 Å². The minimum atomic E-state index is -0.523. The summed E-state index contributed by atoms with van der Waals surface area (Å²) in [7, 11) is 0. The number of hydrogen-bond donors (Lipinski definition) is 2. The molecule has 3 unspecified atom stereocenters. The molecule has 1 aliphatic heterocycles. The lowest BCUT2D eigenvalue weighted by Crippen LogP contribution is -2.49. The Hall–Kier alpha value is -3.29. The molecular weight excluding hydrogens is 464 g/mol. The summed E-state index contributed by atoms with van der Waals surface area (Å²) in [6, 6.07) is 28.4.